The first-order chi connectivity index (χ1) is 13.6. The fraction of sp³-hybridized carbons (Fsp3) is 0.920. The molecule has 6 aliphatic rings. The van der Waals surface area contributed by atoms with E-state index in [1.54, 1.807) is 0 Å². The zero-order chi connectivity index (χ0) is 20.6. The van der Waals surface area contributed by atoms with Gasteiger partial charge in [0.25, 0.3) is 0 Å². The van der Waals surface area contributed by atoms with Gasteiger partial charge in [0.15, 0.2) is 0 Å². The predicted octanol–water partition coefficient (Wildman–Crippen LogP) is 4.14. The number of aliphatic hydroxyl groups is 1. The molecule has 0 amide bonds. The molecular formula is C25H36O4. The predicted molar refractivity (Wildman–Crippen MR) is 108 cm³/mol. The Kier molecular flexibility index (Phi) is 3.43. The van der Waals surface area contributed by atoms with E-state index in [2.05, 4.69) is 27.7 Å². The maximum absolute atomic E-state index is 12.3. The second-order valence-corrected chi connectivity index (χ2v) is 12.2. The second-order valence-electron chi connectivity index (χ2n) is 12.2. The Morgan fingerprint density at radius 1 is 1.00 bits per heavy atom. The van der Waals surface area contributed by atoms with Gasteiger partial charge in [-0.15, -0.1) is 0 Å². The molecule has 4 heteroatoms. The molecule has 0 aromatic rings. The van der Waals surface area contributed by atoms with Gasteiger partial charge in [-0.2, -0.15) is 0 Å². The molecule has 1 saturated heterocycles. The van der Waals surface area contributed by atoms with Crippen LogP contribution in [0.4, 0.5) is 0 Å². The summed E-state index contributed by atoms with van der Waals surface area (Å²) in [6.45, 7) is 9.47. The van der Waals surface area contributed by atoms with Gasteiger partial charge in [0.2, 0.25) is 0 Å². The fourth-order valence-corrected chi connectivity index (χ4v) is 10.3. The topological polar surface area (TPSA) is 63.6 Å². The molecule has 0 radical (unpaired) electrons. The number of fused-ring (bicyclic) bond motifs is 9. The third-order valence-corrected chi connectivity index (χ3v) is 11.8. The maximum atomic E-state index is 12.3. The van der Waals surface area contributed by atoms with Gasteiger partial charge in [-0.05, 0) is 73.5 Å². The van der Waals surface area contributed by atoms with Crippen molar-refractivity contribution in [2.24, 2.45) is 52.3 Å². The van der Waals surface area contributed by atoms with Crippen LogP contribution in [0.15, 0.2) is 0 Å². The van der Waals surface area contributed by atoms with Gasteiger partial charge in [0.1, 0.15) is 11.4 Å². The standard InChI is InChI=1S/C25H36O4/c1-13-14(2)25(10-7-19(27)29-25)23(4)9-6-17-20(21(13)23)16-11-18(16)24(28)12-15(26)5-8-22(17,24)3/h13-14,16-18,20-21,28H,5-12H2,1-4H3/t13-,14?,16+,17?,18-,20?,21?,22-,23+,24-,25+/m1/s1. The second kappa shape index (κ2) is 5.29. The lowest BCUT2D eigenvalue weighted by molar-refractivity contribution is -0.220. The Bertz CT molecular complexity index is 807. The van der Waals surface area contributed by atoms with Crippen molar-refractivity contribution in [2.45, 2.75) is 90.3 Å². The molecule has 11 atom stereocenters. The maximum Gasteiger partial charge on any atom is 0.306 e. The fourth-order valence-electron chi connectivity index (χ4n) is 10.3. The van der Waals surface area contributed by atoms with Crippen LogP contribution < -0.4 is 0 Å². The summed E-state index contributed by atoms with van der Waals surface area (Å²) in [5.41, 5.74) is -1.17. The number of carbonyl (C=O) groups excluding carboxylic acids is 2. The van der Waals surface area contributed by atoms with E-state index in [4.69, 9.17) is 4.74 Å². The van der Waals surface area contributed by atoms with Crippen LogP contribution >= 0.6 is 0 Å². The van der Waals surface area contributed by atoms with Gasteiger partial charge < -0.3 is 9.84 Å². The summed E-state index contributed by atoms with van der Waals surface area (Å²) in [7, 11) is 0. The smallest absolute Gasteiger partial charge is 0.306 e. The van der Waals surface area contributed by atoms with Crippen molar-refractivity contribution in [3.05, 3.63) is 0 Å². The summed E-state index contributed by atoms with van der Waals surface area (Å²) < 4.78 is 6.23. The highest BCUT2D eigenvalue weighted by Crippen LogP contribution is 2.78. The number of ketones is 1. The van der Waals surface area contributed by atoms with Crippen LogP contribution in [-0.4, -0.2) is 28.1 Å². The minimum atomic E-state index is -0.785. The highest BCUT2D eigenvalue weighted by molar-refractivity contribution is 5.81. The Labute approximate surface area is 174 Å². The average molecular weight is 401 g/mol. The van der Waals surface area contributed by atoms with Gasteiger partial charge in [-0.3, -0.25) is 9.59 Å². The first-order valence-corrected chi connectivity index (χ1v) is 12.0. The van der Waals surface area contributed by atoms with E-state index in [1.807, 2.05) is 0 Å². The van der Waals surface area contributed by atoms with Crippen molar-refractivity contribution in [1.29, 1.82) is 0 Å². The number of carbonyl (C=O) groups is 2. The summed E-state index contributed by atoms with van der Waals surface area (Å²) >= 11 is 0. The quantitative estimate of drug-likeness (QED) is 0.621. The number of hydrogen-bond acceptors (Lipinski definition) is 4. The van der Waals surface area contributed by atoms with E-state index in [0.717, 1.165) is 32.1 Å². The zero-order valence-corrected chi connectivity index (χ0v) is 18.4. The van der Waals surface area contributed by atoms with Crippen molar-refractivity contribution in [3.8, 4) is 0 Å². The normalized spacial score (nSPS) is 62.9. The van der Waals surface area contributed by atoms with Crippen LogP contribution in [0.3, 0.4) is 0 Å². The van der Waals surface area contributed by atoms with Gasteiger partial charge in [0.05, 0.1) is 5.60 Å². The lowest BCUT2D eigenvalue weighted by atomic mass is 9.42. The molecule has 1 heterocycles. The van der Waals surface area contributed by atoms with Gasteiger partial charge >= 0.3 is 5.97 Å². The van der Waals surface area contributed by atoms with Crippen molar-refractivity contribution < 1.29 is 19.4 Å². The summed E-state index contributed by atoms with van der Waals surface area (Å²) in [6.07, 6.45) is 6.58. The van der Waals surface area contributed by atoms with E-state index < -0.39 is 5.60 Å². The van der Waals surface area contributed by atoms with Crippen LogP contribution in [-0.2, 0) is 14.3 Å². The molecule has 29 heavy (non-hydrogen) atoms. The van der Waals surface area contributed by atoms with Crippen LogP contribution in [0.2, 0.25) is 0 Å². The zero-order valence-electron chi connectivity index (χ0n) is 18.4. The molecule has 1 aliphatic heterocycles. The van der Waals surface area contributed by atoms with Crippen LogP contribution in [0.25, 0.3) is 0 Å². The lowest BCUT2D eigenvalue weighted by Crippen LogP contribution is -2.65. The molecule has 6 fully saturated rings. The molecule has 0 aromatic carbocycles. The largest absolute Gasteiger partial charge is 0.458 e. The van der Waals surface area contributed by atoms with Crippen molar-refractivity contribution in [2.75, 3.05) is 0 Å². The Balaban J connectivity index is 1.44. The number of ether oxygens (including phenoxy) is 1. The molecule has 4 nitrogen and oxygen atoms in total. The molecular weight excluding hydrogens is 364 g/mol. The molecule has 1 N–H and O–H groups in total. The molecule has 4 unspecified atom stereocenters. The number of rotatable bonds is 0. The van der Waals surface area contributed by atoms with Gasteiger partial charge in [0, 0.05) is 30.1 Å². The highest BCUT2D eigenvalue weighted by Gasteiger charge is 2.78. The van der Waals surface area contributed by atoms with Crippen molar-refractivity contribution in [3.63, 3.8) is 0 Å². The van der Waals surface area contributed by atoms with E-state index in [9.17, 15) is 14.7 Å². The van der Waals surface area contributed by atoms with Crippen LogP contribution in [0.5, 0.6) is 0 Å². The van der Waals surface area contributed by atoms with E-state index >= 15 is 0 Å². The molecule has 160 valence electrons. The SMILES string of the molecule is CC1[C@@H](C)C2C3C(CC[C@]2(C)[C@]12CCC(=O)O2)[C@@]1(C)CCC(=O)C[C@@]1(O)[C@@H]1C[C@H]31. The molecule has 5 saturated carbocycles. The van der Waals surface area contributed by atoms with Gasteiger partial charge in [-0.1, -0.05) is 27.7 Å². The average Bonchev–Trinajstić information content (AvgIpc) is 3.35. The third kappa shape index (κ3) is 1.89. The minimum Gasteiger partial charge on any atom is -0.458 e. The van der Waals surface area contributed by atoms with Gasteiger partial charge in [-0.25, -0.2) is 0 Å². The number of Topliss-reactive ketones (excluding diaryl/α,β-unsaturated/α-hetero) is 1. The summed E-state index contributed by atoms with van der Waals surface area (Å²) in [6, 6.07) is 0. The van der Waals surface area contributed by atoms with Crippen molar-refractivity contribution in [1.82, 2.24) is 0 Å². The molecule has 6 rings (SSSR count). The molecule has 0 aromatic heterocycles. The third-order valence-electron chi connectivity index (χ3n) is 11.8. The highest BCUT2D eigenvalue weighted by atomic mass is 16.6. The molecule has 1 spiro atoms. The van der Waals surface area contributed by atoms with Crippen LogP contribution in [0, 0.1) is 52.3 Å². The van der Waals surface area contributed by atoms with Crippen LogP contribution in [0.1, 0.15) is 79.1 Å². The first kappa shape index (κ1) is 18.8. The molecule has 0 bridgehead atoms. The Morgan fingerprint density at radius 2 is 1.76 bits per heavy atom. The number of esters is 1. The van der Waals surface area contributed by atoms with E-state index in [-0.39, 0.29) is 28.2 Å². The monoisotopic (exact) mass is 400 g/mol. The van der Waals surface area contributed by atoms with E-state index in [0.29, 0.717) is 60.7 Å². The number of hydrogen-bond donors (Lipinski definition) is 1. The summed E-state index contributed by atoms with van der Waals surface area (Å²) in [5, 5.41) is 11.8. The lowest BCUT2D eigenvalue weighted by Gasteiger charge is -2.63. The van der Waals surface area contributed by atoms with Crippen molar-refractivity contribution >= 4 is 11.8 Å². The first-order valence-electron chi connectivity index (χ1n) is 12.0. The Morgan fingerprint density at radius 3 is 2.45 bits per heavy atom. The summed E-state index contributed by atoms with van der Waals surface area (Å²) in [4.78, 5) is 24.6. The molecule has 5 aliphatic carbocycles. The Hall–Kier alpha value is -0.900. The van der Waals surface area contributed by atoms with E-state index in [1.165, 1.54) is 0 Å². The summed E-state index contributed by atoms with van der Waals surface area (Å²) in [5.74, 6) is 3.67. The minimum absolute atomic E-state index is 0.00637.